The fourth-order valence-electron chi connectivity index (χ4n) is 2.79. The van der Waals surface area contributed by atoms with E-state index in [0.29, 0.717) is 24.3 Å². The summed E-state index contributed by atoms with van der Waals surface area (Å²) in [7, 11) is -9.79. The molecule has 0 atom stereocenters. The Morgan fingerprint density at radius 1 is 0.562 bits per heavy atom. The number of rotatable bonds is 6. The zero-order valence-electron chi connectivity index (χ0n) is 15.7. The minimum Gasteiger partial charge on any atom is -0.289 e. The van der Waals surface area contributed by atoms with Crippen molar-refractivity contribution in [2.45, 2.75) is 9.79 Å². The van der Waals surface area contributed by atoms with Crippen LogP contribution in [0.4, 0.5) is 8.78 Å². The molecule has 2 N–H and O–H groups in total. The van der Waals surface area contributed by atoms with Gasteiger partial charge in [-0.15, -0.1) is 0 Å². The van der Waals surface area contributed by atoms with Crippen LogP contribution in [0.15, 0.2) is 70.5 Å². The summed E-state index contributed by atoms with van der Waals surface area (Å²) >= 11 is 0. The molecule has 0 aliphatic heterocycles. The first kappa shape index (κ1) is 23.3. The molecule has 0 amide bonds. The maximum Gasteiger partial charge on any atom is 0.297 e. The molecule has 0 heterocycles. The Morgan fingerprint density at radius 3 is 1.12 bits per heavy atom. The van der Waals surface area contributed by atoms with E-state index in [2.05, 4.69) is 0 Å². The van der Waals surface area contributed by atoms with Crippen LogP contribution in [0.1, 0.15) is 31.8 Å². The summed E-state index contributed by atoms with van der Waals surface area (Å²) in [5.74, 6) is -3.95. The molecular weight excluding hydrogens is 470 g/mol. The summed E-state index contributed by atoms with van der Waals surface area (Å²) < 4.78 is 90.2. The van der Waals surface area contributed by atoms with Crippen LogP contribution in [-0.2, 0) is 20.2 Å². The van der Waals surface area contributed by atoms with Gasteiger partial charge in [-0.3, -0.25) is 18.7 Å². The molecule has 0 aromatic heterocycles. The van der Waals surface area contributed by atoms with E-state index in [0.717, 1.165) is 12.1 Å². The Balaban J connectivity index is 1.92. The van der Waals surface area contributed by atoms with Gasteiger partial charge in [-0.1, -0.05) is 24.3 Å². The Hall–Kier alpha value is -3.32. The van der Waals surface area contributed by atoms with E-state index >= 15 is 0 Å². The molecule has 166 valence electrons. The average molecular weight is 482 g/mol. The third kappa shape index (κ3) is 4.78. The number of halogens is 2. The summed E-state index contributed by atoms with van der Waals surface area (Å²) in [4.78, 5) is 23.0. The maximum atomic E-state index is 13.6. The number of carbonyl (C=O) groups excluding carboxylic acids is 2. The van der Waals surface area contributed by atoms with Crippen LogP contribution < -0.4 is 0 Å². The lowest BCUT2D eigenvalue weighted by Gasteiger charge is -2.07. The number of carbonyl (C=O) groups is 2. The minimum absolute atomic E-state index is 0.00724. The van der Waals surface area contributed by atoms with Crippen molar-refractivity contribution in [3.05, 3.63) is 94.6 Å². The van der Waals surface area contributed by atoms with Gasteiger partial charge in [-0.25, -0.2) is 8.78 Å². The van der Waals surface area contributed by atoms with Crippen molar-refractivity contribution in [3.63, 3.8) is 0 Å². The molecular formula is C20H12F2O8S2. The van der Waals surface area contributed by atoms with Gasteiger partial charge in [-0.05, 0) is 36.4 Å². The van der Waals surface area contributed by atoms with E-state index in [9.17, 15) is 35.2 Å². The van der Waals surface area contributed by atoms with Crippen LogP contribution in [0, 0.1) is 11.6 Å². The van der Waals surface area contributed by atoms with Gasteiger partial charge in [-0.2, -0.15) is 16.8 Å². The quantitative estimate of drug-likeness (QED) is 0.403. The first-order valence-electron chi connectivity index (χ1n) is 8.52. The van der Waals surface area contributed by atoms with Gasteiger partial charge < -0.3 is 0 Å². The molecule has 32 heavy (non-hydrogen) atoms. The molecule has 3 rings (SSSR count). The van der Waals surface area contributed by atoms with Crippen LogP contribution in [-0.4, -0.2) is 37.5 Å². The van der Waals surface area contributed by atoms with E-state index in [1.807, 2.05) is 0 Å². The summed E-state index contributed by atoms with van der Waals surface area (Å²) in [5, 5.41) is 0. The molecule has 0 radical (unpaired) electrons. The summed E-state index contributed by atoms with van der Waals surface area (Å²) in [6.45, 7) is 0. The van der Waals surface area contributed by atoms with Gasteiger partial charge in [0.2, 0.25) is 0 Å². The van der Waals surface area contributed by atoms with Crippen molar-refractivity contribution in [1.82, 2.24) is 0 Å². The zero-order valence-corrected chi connectivity index (χ0v) is 17.3. The van der Waals surface area contributed by atoms with Crippen molar-refractivity contribution in [2.75, 3.05) is 0 Å². The molecule has 0 aliphatic carbocycles. The topological polar surface area (TPSA) is 143 Å². The summed E-state index contributed by atoms with van der Waals surface area (Å²) in [6, 6.07) is 9.60. The van der Waals surface area contributed by atoms with E-state index in [-0.39, 0.29) is 22.3 Å². The second kappa shape index (κ2) is 8.31. The fraction of sp³-hybridized carbons (Fsp3) is 0. The van der Waals surface area contributed by atoms with Crippen LogP contribution >= 0.6 is 0 Å². The molecule has 0 saturated carbocycles. The SMILES string of the molecule is O=C(c1ccc(C(=O)c2ccc(F)c(S(=O)(=O)O)c2)cc1)c1ccc(F)c(S(=O)(=O)O)c1. The molecule has 0 saturated heterocycles. The second-order valence-corrected chi connectivity index (χ2v) is 9.26. The van der Waals surface area contributed by atoms with Crippen molar-refractivity contribution in [1.29, 1.82) is 0 Å². The van der Waals surface area contributed by atoms with E-state index in [1.54, 1.807) is 0 Å². The third-order valence-electron chi connectivity index (χ3n) is 4.35. The van der Waals surface area contributed by atoms with Gasteiger partial charge in [0.05, 0.1) is 0 Å². The van der Waals surface area contributed by atoms with Crippen molar-refractivity contribution in [3.8, 4) is 0 Å². The molecule has 0 bridgehead atoms. The largest absolute Gasteiger partial charge is 0.297 e. The molecule has 3 aromatic rings. The number of ketones is 2. The molecule has 3 aromatic carbocycles. The Morgan fingerprint density at radius 2 is 0.844 bits per heavy atom. The van der Waals surface area contributed by atoms with Gasteiger partial charge in [0, 0.05) is 22.3 Å². The van der Waals surface area contributed by atoms with Crippen LogP contribution in [0.2, 0.25) is 0 Å². The molecule has 0 aliphatic rings. The standard InChI is InChI=1S/C20H12F2O8S2/c21-15-7-5-13(9-17(15)31(25,26)27)19(23)11-1-2-12(4-3-11)20(24)14-6-8-16(22)18(10-14)32(28,29)30/h1-10H,(H,25,26,27)(H,28,29,30). The molecule has 12 heteroatoms. The van der Waals surface area contributed by atoms with E-state index in [1.165, 1.54) is 24.3 Å². The van der Waals surface area contributed by atoms with Crippen molar-refractivity contribution < 1.29 is 44.3 Å². The highest BCUT2D eigenvalue weighted by Gasteiger charge is 2.21. The predicted molar refractivity (Wildman–Crippen MR) is 106 cm³/mol. The first-order valence-corrected chi connectivity index (χ1v) is 11.4. The monoisotopic (exact) mass is 482 g/mol. The predicted octanol–water partition coefficient (Wildman–Crippen LogP) is 2.92. The Kier molecular flexibility index (Phi) is 6.07. The lowest BCUT2D eigenvalue weighted by atomic mass is 9.98. The first-order chi connectivity index (χ1) is 14.8. The molecule has 0 fully saturated rings. The number of hydrogen-bond acceptors (Lipinski definition) is 6. The summed E-state index contributed by atoms with van der Waals surface area (Å²) in [5.41, 5.74) is -0.497. The van der Waals surface area contributed by atoms with Gasteiger partial charge in [0.25, 0.3) is 20.2 Å². The zero-order chi connectivity index (χ0) is 23.8. The third-order valence-corrected chi connectivity index (χ3v) is 6.09. The smallest absolute Gasteiger partial charge is 0.289 e. The fourth-order valence-corrected chi connectivity index (χ4v) is 3.97. The normalized spacial score (nSPS) is 11.9. The Labute approximate surface area is 180 Å². The van der Waals surface area contributed by atoms with Crippen molar-refractivity contribution in [2.24, 2.45) is 0 Å². The maximum absolute atomic E-state index is 13.6. The second-order valence-electron chi connectivity index (χ2n) is 6.48. The minimum atomic E-state index is -4.90. The van der Waals surface area contributed by atoms with Gasteiger partial charge in [0.15, 0.2) is 11.6 Å². The van der Waals surface area contributed by atoms with Crippen molar-refractivity contribution >= 4 is 31.8 Å². The highest BCUT2D eigenvalue weighted by atomic mass is 32.2. The average Bonchev–Trinajstić information content (AvgIpc) is 2.72. The highest BCUT2D eigenvalue weighted by Crippen LogP contribution is 2.21. The van der Waals surface area contributed by atoms with E-state index in [4.69, 9.17) is 9.11 Å². The summed E-state index contributed by atoms with van der Waals surface area (Å²) in [6.07, 6.45) is 0. The molecule has 0 unspecified atom stereocenters. The van der Waals surface area contributed by atoms with E-state index < -0.39 is 53.2 Å². The van der Waals surface area contributed by atoms with Crippen LogP contribution in [0.3, 0.4) is 0 Å². The lowest BCUT2D eigenvalue weighted by molar-refractivity contribution is 0.102. The Bertz CT molecular complexity index is 1350. The highest BCUT2D eigenvalue weighted by molar-refractivity contribution is 7.86. The molecule has 8 nitrogen and oxygen atoms in total. The van der Waals surface area contributed by atoms with Crippen LogP contribution in [0.25, 0.3) is 0 Å². The van der Waals surface area contributed by atoms with Crippen LogP contribution in [0.5, 0.6) is 0 Å². The lowest BCUT2D eigenvalue weighted by Crippen LogP contribution is -2.08. The van der Waals surface area contributed by atoms with Gasteiger partial charge >= 0.3 is 0 Å². The number of hydrogen-bond donors (Lipinski definition) is 2. The van der Waals surface area contributed by atoms with Gasteiger partial charge in [0.1, 0.15) is 21.4 Å². The molecule has 0 spiro atoms. The number of benzene rings is 3.